The van der Waals surface area contributed by atoms with Gasteiger partial charge >= 0.3 is 5.97 Å². The van der Waals surface area contributed by atoms with Crippen LogP contribution in [0.3, 0.4) is 0 Å². The molecule has 0 radical (unpaired) electrons. The number of fused-ring (bicyclic) bond motifs is 1. The van der Waals surface area contributed by atoms with Crippen LogP contribution in [0.25, 0.3) is 10.9 Å². The van der Waals surface area contributed by atoms with Crippen LogP contribution in [0.1, 0.15) is 31.1 Å². The van der Waals surface area contributed by atoms with E-state index in [1.165, 1.54) is 0 Å². The highest BCUT2D eigenvalue weighted by Gasteiger charge is 2.15. The minimum absolute atomic E-state index is 0.0116. The monoisotopic (exact) mass is 232 g/mol. The fraction of sp³-hybridized carbons (Fsp3) is 0.385. The van der Waals surface area contributed by atoms with Gasteiger partial charge in [-0.25, -0.2) is 0 Å². The number of nitrogens with zero attached hydrogens (tertiary/aromatic N) is 2. The molecule has 2 rings (SSSR count). The van der Waals surface area contributed by atoms with Gasteiger partial charge < -0.3 is 5.11 Å². The molecule has 0 aliphatic rings. The Labute approximate surface area is 99.9 Å². The molecule has 1 N–H and O–H groups in total. The zero-order valence-electron chi connectivity index (χ0n) is 10.3. The zero-order chi connectivity index (χ0) is 12.6. The number of aliphatic carboxylic acids is 1. The number of carbonyl (C=O) groups is 1. The second kappa shape index (κ2) is 4.20. The Hall–Kier alpha value is -1.84. The Morgan fingerprint density at radius 2 is 2.18 bits per heavy atom. The van der Waals surface area contributed by atoms with E-state index in [1.54, 1.807) is 4.68 Å². The summed E-state index contributed by atoms with van der Waals surface area (Å²) in [5.74, 6) is -0.825. The molecule has 4 nitrogen and oxygen atoms in total. The average molecular weight is 232 g/mol. The highest BCUT2D eigenvalue weighted by Crippen LogP contribution is 2.23. The molecule has 0 saturated carbocycles. The van der Waals surface area contributed by atoms with Gasteiger partial charge in [-0.15, -0.1) is 0 Å². The summed E-state index contributed by atoms with van der Waals surface area (Å²) in [6, 6.07) is 6.09. The molecule has 0 saturated heterocycles. The highest BCUT2D eigenvalue weighted by molar-refractivity contribution is 5.85. The lowest BCUT2D eigenvalue weighted by atomic mass is 10.1. The number of carboxylic acids is 1. The molecule has 2 aromatic rings. The van der Waals surface area contributed by atoms with E-state index >= 15 is 0 Å². The molecule has 0 spiro atoms. The number of rotatable bonds is 3. The lowest BCUT2D eigenvalue weighted by Crippen LogP contribution is -2.11. The van der Waals surface area contributed by atoms with Crippen molar-refractivity contribution in [1.29, 1.82) is 0 Å². The molecular formula is C13H16N2O2. The van der Waals surface area contributed by atoms with Gasteiger partial charge in [0.1, 0.15) is 0 Å². The Kier molecular flexibility index (Phi) is 2.88. The molecule has 1 aromatic heterocycles. The van der Waals surface area contributed by atoms with Crippen LogP contribution in [-0.4, -0.2) is 20.9 Å². The second-order valence-electron chi connectivity index (χ2n) is 4.58. The van der Waals surface area contributed by atoms with Crippen LogP contribution in [0.4, 0.5) is 0 Å². The minimum atomic E-state index is -0.825. The van der Waals surface area contributed by atoms with Crippen molar-refractivity contribution >= 4 is 16.9 Å². The summed E-state index contributed by atoms with van der Waals surface area (Å²) in [4.78, 5) is 10.9. The molecule has 1 aromatic carbocycles. The normalized spacial score (nSPS) is 11.3. The third-order valence-corrected chi connectivity index (χ3v) is 2.76. The Morgan fingerprint density at radius 3 is 2.76 bits per heavy atom. The van der Waals surface area contributed by atoms with Crippen molar-refractivity contribution in [2.45, 2.75) is 33.2 Å². The van der Waals surface area contributed by atoms with Crippen LogP contribution >= 0.6 is 0 Å². The minimum Gasteiger partial charge on any atom is -0.481 e. The van der Waals surface area contributed by atoms with Gasteiger partial charge in [-0.1, -0.05) is 12.1 Å². The summed E-state index contributed by atoms with van der Waals surface area (Å²) in [5.41, 5.74) is 2.78. The number of aromatic nitrogens is 2. The summed E-state index contributed by atoms with van der Waals surface area (Å²) in [7, 11) is 0. The molecule has 0 atom stereocenters. The number of hydrogen-bond donors (Lipinski definition) is 1. The van der Waals surface area contributed by atoms with Crippen molar-refractivity contribution in [3.63, 3.8) is 0 Å². The lowest BCUT2D eigenvalue weighted by molar-refractivity contribution is -0.136. The van der Waals surface area contributed by atoms with E-state index in [-0.39, 0.29) is 12.5 Å². The van der Waals surface area contributed by atoms with E-state index in [4.69, 9.17) is 5.11 Å². The SMILES string of the molecule is Cc1ccc2c(CC(=O)O)n(C(C)C)nc2c1. The number of hydrogen-bond acceptors (Lipinski definition) is 2. The fourth-order valence-corrected chi connectivity index (χ4v) is 2.01. The van der Waals surface area contributed by atoms with E-state index < -0.39 is 5.97 Å². The largest absolute Gasteiger partial charge is 0.481 e. The van der Waals surface area contributed by atoms with Crippen molar-refractivity contribution in [3.05, 3.63) is 29.5 Å². The van der Waals surface area contributed by atoms with Crippen LogP contribution in [0, 0.1) is 6.92 Å². The van der Waals surface area contributed by atoms with Crippen LogP contribution < -0.4 is 0 Å². The van der Waals surface area contributed by atoms with Crippen LogP contribution in [0.5, 0.6) is 0 Å². The fourth-order valence-electron chi connectivity index (χ4n) is 2.01. The number of carboxylic acid groups (broad SMARTS) is 1. The van der Waals surface area contributed by atoms with Crippen LogP contribution in [0.2, 0.25) is 0 Å². The molecule has 0 unspecified atom stereocenters. The molecule has 90 valence electrons. The van der Waals surface area contributed by atoms with Crippen LogP contribution in [0.15, 0.2) is 18.2 Å². The van der Waals surface area contributed by atoms with Gasteiger partial charge in [0.05, 0.1) is 17.6 Å². The maximum atomic E-state index is 10.9. The van der Waals surface area contributed by atoms with Gasteiger partial charge in [0.2, 0.25) is 0 Å². The van der Waals surface area contributed by atoms with Crippen molar-refractivity contribution < 1.29 is 9.90 Å². The van der Waals surface area contributed by atoms with Crippen LogP contribution in [-0.2, 0) is 11.2 Å². The molecule has 0 bridgehead atoms. The topological polar surface area (TPSA) is 55.1 Å². The standard InChI is InChI=1S/C13H16N2O2/c1-8(2)15-12(7-13(16)17)10-5-4-9(3)6-11(10)14-15/h4-6,8H,7H2,1-3H3,(H,16,17). The van der Waals surface area contributed by atoms with E-state index in [0.29, 0.717) is 0 Å². The van der Waals surface area contributed by atoms with E-state index in [1.807, 2.05) is 39.0 Å². The molecular weight excluding hydrogens is 216 g/mol. The molecule has 0 aliphatic carbocycles. The van der Waals surface area contributed by atoms with Crippen molar-refractivity contribution in [3.8, 4) is 0 Å². The molecule has 0 amide bonds. The summed E-state index contributed by atoms with van der Waals surface area (Å²) in [6.07, 6.45) is 0.0116. The van der Waals surface area contributed by atoms with Gasteiger partial charge in [-0.2, -0.15) is 5.10 Å². The van der Waals surface area contributed by atoms with Gasteiger partial charge in [-0.3, -0.25) is 9.48 Å². The second-order valence-corrected chi connectivity index (χ2v) is 4.58. The molecule has 0 fully saturated rings. The number of benzene rings is 1. The van der Waals surface area contributed by atoms with Crippen molar-refractivity contribution in [1.82, 2.24) is 9.78 Å². The Morgan fingerprint density at radius 1 is 1.47 bits per heavy atom. The molecule has 0 aliphatic heterocycles. The summed E-state index contributed by atoms with van der Waals surface area (Å²) >= 11 is 0. The summed E-state index contributed by atoms with van der Waals surface area (Å²) in [6.45, 7) is 6.01. The third kappa shape index (κ3) is 2.16. The maximum absolute atomic E-state index is 10.9. The van der Waals surface area contributed by atoms with E-state index in [2.05, 4.69) is 5.10 Å². The van der Waals surface area contributed by atoms with Gasteiger partial charge in [0.25, 0.3) is 0 Å². The van der Waals surface area contributed by atoms with E-state index in [0.717, 1.165) is 22.2 Å². The van der Waals surface area contributed by atoms with Gasteiger partial charge in [-0.05, 0) is 32.4 Å². The quantitative estimate of drug-likeness (QED) is 0.884. The molecule has 1 heterocycles. The third-order valence-electron chi connectivity index (χ3n) is 2.76. The molecule has 17 heavy (non-hydrogen) atoms. The van der Waals surface area contributed by atoms with Crippen molar-refractivity contribution in [2.24, 2.45) is 0 Å². The zero-order valence-corrected chi connectivity index (χ0v) is 10.3. The first-order chi connectivity index (χ1) is 7.99. The number of aryl methyl sites for hydroxylation is 1. The Balaban J connectivity index is 2.66. The highest BCUT2D eigenvalue weighted by atomic mass is 16.4. The van der Waals surface area contributed by atoms with E-state index in [9.17, 15) is 4.79 Å². The maximum Gasteiger partial charge on any atom is 0.309 e. The van der Waals surface area contributed by atoms with Gasteiger partial charge in [0, 0.05) is 11.4 Å². The Bertz CT molecular complexity index is 570. The van der Waals surface area contributed by atoms with Gasteiger partial charge in [0.15, 0.2) is 0 Å². The summed E-state index contributed by atoms with van der Waals surface area (Å²) in [5, 5.41) is 14.4. The predicted octanol–water partition coefficient (Wildman–Crippen LogP) is 2.55. The lowest BCUT2D eigenvalue weighted by Gasteiger charge is -2.09. The van der Waals surface area contributed by atoms with Crippen molar-refractivity contribution in [2.75, 3.05) is 0 Å². The predicted molar refractivity (Wildman–Crippen MR) is 66.2 cm³/mol. The average Bonchev–Trinajstić information content (AvgIpc) is 2.55. The first-order valence-corrected chi connectivity index (χ1v) is 5.68. The first kappa shape index (κ1) is 11.6. The smallest absolute Gasteiger partial charge is 0.309 e. The molecule has 4 heteroatoms. The first-order valence-electron chi connectivity index (χ1n) is 5.68. The summed E-state index contributed by atoms with van der Waals surface area (Å²) < 4.78 is 1.80.